The lowest BCUT2D eigenvalue weighted by atomic mass is 9.76. The molecule has 1 aromatic heterocycles. The van der Waals surface area contributed by atoms with Crippen molar-refractivity contribution in [3.8, 4) is 0 Å². The minimum atomic E-state index is -1.16. The monoisotopic (exact) mass is 325 g/mol. The molecule has 1 amide bonds. The van der Waals surface area contributed by atoms with Crippen molar-refractivity contribution < 1.29 is 14.7 Å². The van der Waals surface area contributed by atoms with Gasteiger partial charge in [-0.25, -0.2) is 14.8 Å². The van der Waals surface area contributed by atoms with Crippen LogP contribution in [0.4, 0.5) is 0 Å². The second-order valence-electron chi connectivity index (χ2n) is 6.35. The van der Waals surface area contributed by atoms with Crippen LogP contribution in [0.5, 0.6) is 0 Å². The first-order valence-corrected chi connectivity index (χ1v) is 7.90. The number of aromatic carboxylic acids is 1. The van der Waals surface area contributed by atoms with Gasteiger partial charge in [-0.15, -0.1) is 0 Å². The Morgan fingerprint density at radius 1 is 1.12 bits per heavy atom. The highest BCUT2D eigenvalue weighted by molar-refractivity contribution is 5.93. The molecule has 1 saturated heterocycles. The lowest BCUT2D eigenvalue weighted by molar-refractivity contribution is 0.0639. The van der Waals surface area contributed by atoms with Crippen molar-refractivity contribution in [3.05, 3.63) is 59.7 Å². The number of carboxylic acids is 1. The summed E-state index contributed by atoms with van der Waals surface area (Å²) < 4.78 is 0. The summed E-state index contributed by atoms with van der Waals surface area (Å²) in [5.74, 6) is -1.36. The van der Waals surface area contributed by atoms with E-state index in [0.717, 1.165) is 19.0 Å². The highest BCUT2D eigenvalue weighted by Gasteiger charge is 2.35. The highest BCUT2D eigenvalue weighted by atomic mass is 16.4. The van der Waals surface area contributed by atoms with Gasteiger partial charge in [0.1, 0.15) is 5.69 Å². The topological polar surface area (TPSA) is 83.4 Å². The maximum Gasteiger partial charge on any atom is 0.356 e. The Morgan fingerprint density at radius 2 is 1.79 bits per heavy atom. The molecular weight excluding hydrogens is 306 g/mol. The van der Waals surface area contributed by atoms with Crippen molar-refractivity contribution in [1.29, 1.82) is 0 Å². The Balaban J connectivity index is 1.79. The molecule has 6 heteroatoms. The van der Waals surface area contributed by atoms with Gasteiger partial charge in [0.25, 0.3) is 5.91 Å². The van der Waals surface area contributed by atoms with Gasteiger partial charge in [0, 0.05) is 18.5 Å². The number of amides is 1. The predicted molar refractivity (Wildman–Crippen MR) is 87.9 cm³/mol. The van der Waals surface area contributed by atoms with E-state index in [-0.39, 0.29) is 22.7 Å². The third kappa shape index (κ3) is 3.13. The van der Waals surface area contributed by atoms with Gasteiger partial charge >= 0.3 is 5.97 Å². The Kier molecular flexibility index (Phi) is 4.29. The fourth-order valence-electron chi connectivity index (χ4n) is 3.20. The molecule has 0 spiro atoms. The average molecular weight is 325 g/mol. The zero-order valence-electron chi connectivity index (χ0n) is 13.5. The van der Waals surface area contributed by atoms with E-state index < -0.39 is 5.97 Å². The summed E-state index contributed by atoms with van der Waals surface area (Å²) in [6, 6.07) is 10.2. The van der Waals surface area contributed by atoms with Gasteiger partial charge in [-0.1, -0.05) is 37.3 Å². The van der Waals surface area contributed by atoms with Crippen molar-refractivity contribution in [3.63, 3.8) is 0 Å². The van der Waals surface area contributed by atoms with Crippen LogP contribution in [0.15, 0.2) is 42.7 Å². The van der Waals surface area contributed by atoms with Crippen molar-refractivity contribution in [2.75, 3.05) is 13.1 Å². The summed E-state index contributed by atoms with van der Waals surface area (Å²) in [6.45, 7) is 3.45. The van der Waals surface area contributed by atoms with E-state index in [2.05, 4.69) is 29.0 Å². The molecule has 0 aliphatic carbocycles. The quantitative estimate of drug-likeness (QED) is 0.936. The van der Waals surface area contributed by atoms with Gasteiger partial charge in [-0.3, -0.25) is 4.79 Å². The second-order valence-corrected chi connectivity index (χ2v) is 6.35. The minimum absolute atomic E-state index is 0.0936. The number of nitrogens with zero attached hydrogens (tertiary/aromatic N) is 3. The third-order valence-corrected chi connectivity index (χ3v) is 4.54. The molecule has 1 atom stereocenters. The molecule has 1 unspecified atom stereocenters. The SMILES string of the molecule is CC1(c2ccccc2)CCCN(C(=O)c2cnc(C(=O)O)cn2)C1. The van der Waals surface area contributed by atoms with Crippen LogP contribution in [0.25, 0.3) is 0 Å². The first-order chi connectivity index (χ1) is 11.5. The van der Waals surface area contributed by atoms with Crippen LogP contribution in [0.2, 0.25) is 0 Å². The van der Waals surface area contributed by atoms with E-state index in [1.165, 1.54) is 11.8 Å². The Hall–Kier alpha value is -2.76. The first kappa shape index (κ1) is 16.1. The molecule has 6 nitrogen and oxygen atoms in total. The van der Waals surface area contributed by atoms with Crippen LogP contribution in [0, 0.1) is 0 Å². The molecule has 0 saturated carbocycles. The number of hydrogen-bond donors (Lipinski definition) is 1. The summed E-state index contributed by atoms with van der Waals surface area (Å²) in [4.78, 5) is 33.0. The largest absolute Gasteiger partial charge is 0.476 e. The van der Waals surface area contributed by atoms with Crippen molar-refractivity contribution >= 4 is 11.9 Å². The smallest absolute Gasteiger partial charge is 0.356 e. The van der Waals surface area contributed by atoms with Crippen LogP contribution in [-0.4, -0.2) is 44.9 Å². The Morgan fingerprint density at radius 3 is 2.42 bits per heavy atom. The van der Waals surface area contributed by atoms with E-state index in [0.29, 0.717) is 13.1 Å². The van der Waals surface area contributed by atoms with Gasteiger partial charge in [0.2, 0.25) is 0 Å². The van der Waals surface area contributed by atoms with E-state index in [4.69, 9.17) is 5.11 Å². The van der Waals surface area contributed by atoms with Gasteiger partial charge in [-0.2, -0.15) is 0 Å². The maximum atomic E-state index is 12.7. The standard InChI is InChI=1S/C18H19N3O3/c1-18(13-6-3-2-4-7-13)8-5-9-21(12-18)16(22)14-10-20-15(11-19-14)17(23)24/h2-4,6-7,10-11H,5,8-9,12H2,1H3,(H,23,24). The molecule has 2 aromatic rings. The number of carboxylic acid groups (broad SMARTS) is 1. The Labute approximate surface area is 140 Å². The predicted octanol–water partition coefficient (Wildman–Crippen LogP) is 2.37. The number of aromatic nitrogens is 2. The van der Waals surface area contributed by atoms with Gasteiger partial charge < -0.3 is 10.0 Å². The van der Waals surface area contributed by atoms with Crippen molar-refractivity contribution in [1.82, 2.24) is 14.9 Å². The summed E-state index contributed by atoms with van der Waals surface area (Å²) >= 11 is 0. The summed E-state index contributed by atoms with van der Waals surface area (Å²) in [5.41, 5.74) is 1.13. The molecule has 24 heavy (non-hydrogen) atoms. The number of likely N-dealkylation sites (tertiary alicyclic amines) is 1. The van der Waals surface area contributed by atoms with Gasteiger partial charge in [-0.05, 0) is 18.4 Å². The van der Waals surface area contributed by atoms with E-state index >= 15 is 0 Å². The summed E-state index contributed by atoms with van der Waals surface area (Å²) in [7, 11) is 0. The van der Waals surface area contributed by atoms with Gasteiger partial charge in [0.05, 0.1) is 12.4 Å². The molecular formula is C18H19N3O3. The van der Waals surface area contributed by atoms with Crippen LogP contribution >= 0.6 is 0 Å². The number of benzene rings is 1. The molecule has 124 valence electrons. The van der Waals surface area contributed by atoms with Gasteiger partial charge in [0.15, 0.2) is 5.69 Å². The second kappa shape index (κ2) is 6.39. The highest BCUT2D eigenvalue weighted by Crippen LogP contribution is 2.33. The molecule has 0 bridgehead atoms. The number of hydrogen-bond acceptors (Lipinski definition) is 4. The molecule has 1 aliphatic rings. The summed E-state index contributed by atoms with van der Waals surface area (Å²) in [6.07, 6.45) is 4.29. The molecule has 1 aliphatic heterocycles. The fraction of sp³-hybridized carbons (Fsp3) is 0.333. The summed E-state index contributed by atoms with van der Waals surface area (Å²) in [5, 5.41) is 8.86. The minimum Gasteiger partial charge on any atom is -0.476 e. The maximum absolute atomic E-state index is 12.7. The Bertz CT molecular complexity index is 746. The number of rotatable bonds is 3. The van der Waals surface area contributed by atoms with E-state index in [9.17, 15) is 9.59 Å². The third-order valence-electron chi connectivity index (χ3n) is 4.54. The molecule has 0 radical (unpaired) electrons. The van der Waals surface area contributed by atoms with E-state index in [1.807, 2.05) is 18.2 Å². The van der Waals surface area contributed by atoms with Crippen molar-refractivity contribution in [2.45, 2.75) is 25.2 Å². The lowest BCUT2D eigenvalue weighted by Gasteiger charge is -2.40. The zero-order chi connectivity index (χ0) is 17.2. The lowest BCUT2D eigenvalue weighted by Crippen LogP contribution is -2.47. The van der Waals surface area contributed by atoms with Crippen LogP contribution in [-0.2, 0) is 5.41 Å². The zero-order valence-corrected chi connectivity index (χ0v) is 13.5. The van der Waals surface area contributed by atoms with Crippen molar-refractivity contribution in [2.24, 2.45) is 0 Å². The van der Waals surface area contributed by atoms with Crippen LogP contribution in [0.1, 0.15) is 46.3 Å². The molecule has 1 aromatic carbocycles. The molecule has 3 rings (SSSR count). The number of carbonyl (C=O) groups is 2. The van der Waals surface area contributed by atoms with Crippen LogP contribution in [0.3, 0.4) is 0 Å². The normalized spacial score (nSPS) is 20.6. The molecule has 2 heterocycles. The van der Waals surface area contributed by atoms with E-state index in [1.54, 1.807) is 4.90 Å². The average Bonchev–Trinajstić information content (AvgIpc) is 2.62. The molecule has 1 N–H and O–H groups in total. The number of piperidine rings is 1. The molecule has 1 fully saturated rings. The fourth-order valence-corrected chi connectivity index (χ4v) is 3.20. The number of carbonyl (C=O) groups excluding carboxylic acids is 1. The van der Waals surface area contributed by atoms with Crippen LogP contribution < -0.4 is 0 Å². The first-order valence-electron chi connectivity index (χ1n) is 7.90.